The molecule has 1 aromatic heterocycles. The first kappa shape index (κ1) is 12.5. The summed E-state index contributed by atoms with van der Waals surface area (Å²) in [5.74, 6) is 0. The molecule has 0 amide bonds. The summed E-state index contributed by atoms with van der Waals surface area (Å²) in [4.78, 5) is 4.72. The molecule has 4 heteroatoms. The molecule has 0 aliphatic carbocycles. The molecular weight excluding hydrogens is 238 g/mol. The van der Waals surface area contributed by atoms with E-state index in [9.17, 15) is 0 Å². The van der Waals surface area contributed by atoms with Gasteiger partial charge in [-0.2, -0.15) is 0 Å². The standard InChI is InChI=1S/C15H21N3O/c1-17-8-7-16-9-12(17)10-18(2)14-11-19-15-6-4-3-5-13(14)15/h3-6,11-12,16H,7-10H2,1-2H3. The summed E-state index contributed by atoms with van der Waals surface area (Å²) in [6.45, 7) is 4.26. The molecule has 1 saturated heterocycles. The molecule has 1 atom stereocenters. The molecule has 0 radical (unpaired) electrons. The Hall–Kier alpha value is -1.52. The third-order valence-corrected chi connectivity index (χ3v) is 4.00. The van der Waals surface area contributed by atoms with Crippen molar-refractivity contribution >= 4 is 16.7 Å². The van der Waals surface area contributed by atoms with Gasteiger partial charge in [-0.3, -0.25) is 4.90 Å². The summed E-state index contributed by atoms with van der Waals surface area (Å²) in [6, 6.07) is 8.75. The smallest absolute Gasteiger partial charge is 0.136 e. The first-order valence-electron chi connectivity index (χ1n) is 6.84. The highest BCUT2D eigenvalue weighted by atomic mass is 16.3. The van der Waals surface area contributed by atoms with Crippen LogP contribution in [0.15, 0.2) is 34.9 Å². The molecule has 1 unspecified atom stereocenters. The zero-order valence-corrected chi connectivity index (χ0v) is 11.6. The van der Waals surface area contributed by atoms with Crippen LogP contribution in [-0.4, -0.2) is 51.2 Å². The van der Waals surface area contributed by atoms with Gasteiger partial charge >= 0.3 is 0 Å². The summed E-state index contributed by atoms with van der Waals surface area (Å²) < 4.78 is 5.62. The average molecular weight is 259 g/mol. The Labute approximate surface area is 114 Å². The normalized spacial score (nSPS) is 20.8. The van der Waals surface area contributed by atoms with Crippen LogP contribution in [0.5, 0.6) is 0 Å². The van der Waals surface area contributed by atoms with E-state index in [0.29, 0.717) is 6.04 Å². The van der Waals surface area contributed by atoms with Crippen molar-refractivity contribution in [2.24, 2.45) is 0 Å². The monoisotopic (exact) mass is 259 g/mol. The van der Waals surface area contributed by atoms with E-state index >= 15 is 0 Å². The summed E-state index contributed by atoms with van der Waals surface area (Å²) in [7, 11) is 4.34. The Morgan fingerprint density at radius 3 is 3.11 bits per heavy atom. The van der Waals surface area contributed by atoms with E-state index in [1.165, 1.54) is 11.1 Å². The maximum Gasteiger partial charge on any atom is 0.136 e. The van der Waals surface area contributed by atoms with Gasteiger partial charge in [0.25, 0.3) is 0 Å². The highest BCUT2D eigenvalue weighted by Crippen LogP contribution is 2.28. The van der Waals surface area contributed by atoms with Gasteiger partial charge in [-0.1, -0.05) is 12.1 Å². The quantitative estimate of drug-likeness (QED) is 0.910. The Bertz CT molecular complexity index is 551. The van der Waals surface area contributed by atoms with Crippen molar-refractivity contribution in [2.75, 3.05) is 45.2 Å². The van der Waals surface area contributed by atoms with Crippen LogP contribution in [0.2, 0.25) is 0 Å². The van der Waals surface area contributed by atoms with Crippen LogP contribution in [0.4, 0.5) is 5.69 Å². The van der Waals surface area contributed by atoms with E-state index in [2.05, 4.69) is 41.3 Å². The Kier molecular flexibility index (Phi) is 3.44. The SMILES string of the molecule is CN(CC1CNCCN1C)c1coc2ccccc12. The van der Waals surface area contributed by atoms with Gasteiger partial charge in [-0.15, -0.1) is 0 Å². The second-order valence-corrected chi connectivity index (χ2v) is 5.34. The summed E-state index contributed by atoms with van der Waals surface area (Å²) in [5, 5.41) is 4.65. The fraction of sp³-hybridized carbons (Fsp3) is 0.467. The molecule has 3 rings (SSSR count). The number of nitrogens with zero attached hydrogens (tertiary/aromatic N) is 2. The molecular formula is C15H21N3O. The Balaban J connectivity index is 1.78. The molecule has 1 aliphatic heterocycles. The highest BCUT2D eigenvalue weighted by molar-refractivity contribution is 5.90. The van der Waals surface area contributed by atoms with Crippen LogP contribution >= 0.6 is 0 Å². The summed E-state index contributed by atoms with van der Waals surface area (Å²) in [5.41, 5.74) is 2.13. The van der Waals surface area contributed by atoms with Crippen molar-refractivity contribution in [1.29, 1.82) is 0 Å². The number of furan rings is 1. The van der Waals surface area contributed by atoms with Crippen molar-refractivity contribution in [3.05, 3.63) is 30.5 Å². The first-order valence-corrected chi connectivity index (χ1v) is 6.84. The van der Waals surface area contributed by atoms with Crippen molar-refractivity contribution in [3.63, 3.8) is 0 Å². The zero-order valence-electron chi connectivity index (χ0n) is 11.6. The second-order valence-electron chi connectivity index (χ2n) is 5.34. The fourth-order valence-corrected chi connectivity index (χ4v) is 2.74. The molecule has 0 bridgehead atoms. The molecule has 102 valence electrons. The maximum atomic E-state index is 5.62. The van der Waals surface area contributed by atoms with Gasteiger partial charge < -0.3 is 14.6 Å². The number of benzene rings is 1. The first-order chi connectivity index (χ1) is 9.25. The van der Waals surface area contributed by atoms with E-state index in [1.54, 1.807) is 0 Å². The molecule has 1 N–H and O–H groups in total. The van der Waals surface area contributed by atoms with Gasteiger partial charge in [0.05, 0.1) is 5.69 Å². The summed E-state index contributed by atoms with van der Waals surface area (Å²) >= 11 is 0. The number of rotatable bonds is 3. The second kappa shape index (κ2) is 5.23. The molecule has 1 aliphatic rings. The fourth-order valence-electron chi connectivity index (χ4n) is 2.74. The van der Waals surface area contributed by atoms with Gasteiger partial charge in [0.2, 0.25) is 0 Å². The van der Waals surface area contributed by atoms with Crippen molar-refractivity contribution in [1.82, 2.24) is 10.2 Å². The van der Waals surface area contributed by atoms with Crippen LogP contribution < -0.4 is 10.2 Å². The van der Waals surface area contributed by atoms with Crippen molar-refractivity contribution in [3.8, 4) is 0 Å². The number of nitrogens with one attached hydrogen (secondary N) is 1. The molecule has 0 saturated carbocycles. The maximum absolute atomic E-state index is 5.62. The van der Waals surface area contributed by atoms with Crippen molar-refractivity contribution in [2.45, 2.75) is 6.04 Å². The minimum Gasteiger partial charge on any atom is -0.462 e. The molecule has 19 heavy (non-hydrogen) atoms. The van der Waals surface area contributed by atoms with Crippen molar-refractivity contribution < 1.29 is 4.42 Å². The van der Waals surface area contributed by atoms with E-state index in [-0.39, 0.29) is 0 Å². The van der Waals surface area contributed by atoms with Crippen LogP contribution in [0.3, 0.4) is 0 Å². The lowest BCUT2D eigenvalue weighted by Crippen LogP contribution is -2.53. The van der Waals surface area contributed by atoms with E-state index in [0.717, 1.165) is 31.8 Å². The lowest BCUT2D eigenvalue weighted by molar-refractivity contribution is 0.204. The van der Waals surface area contributed by atoms with Crippen LogP contribution in [0.1, 0.15) is 0 Å². The number of fused-ring (bicyclic) bond motifs is 1. The van der Waals surface area contributed by atoms with Gasteiger partial charge in [-0.25, -0.2) is 0 Å². The Morgan fingerprint density at radius 1 is 1.42 bits per heavy atom. The molecule has 1 aromatic carbocycles. The Morgan fingerprint density at radius 2 is 2.26 bits per heavy atom. The molecule has 1 fully saturated rings. The van der Waals surface area contributed by atoms with Gasteiger partial charge in [-0.05, 0) is 19.2 Å². The van der Waals surface area contributed by atoms with E-state index in [1.807, 2.05) is 18.4 Å². The van der Waals surface area contributed by atoms with Crippen LogP contribution in [0.25, 0.3) is 11.0 Å². The minimum atomic E-state index is 0.549. The largest absolute Gasteiger partial charge is 0.462 e. The number of hydrogen-bond donors (Lipinski definition) is 1. The summed E-state index contributed by atoms with van der Waals surface area (Å²) in [6.07, 6.45) is 1.86. The molecule has 2 heterocycles. The van der Waals surface area contributed by atoms with Gasteiger partial charge in [0.1, 0.15) is 11.8 Å². The number of para-hydroxylation sites is 1. The van der Waals surface area contributed by atoms with Gasteiger partial charge in [0.15, 0.2) is 0 Å². The average Bonchev–Trinajstić information content (AvgIpc) is 2.85. The van der Waals surface area contributed by atoms with E-state index < -0.39 is 0 Å². The van der Waals surface area contributed by atoms with Crippen LogP contribution in [0, 0.1) is 0 Å². The van der Waals surface area contributed by atoms with E-state index in [4.69, 9.17) is 4.42 Å². The number of likely N-dealkylation sites (N-methyl/N-ethyl adjacent to an activating group) is 2. The number of piperazine rings is 1. The third-order valence-electron chi connectivity index (χ3n) is 4.00. The molecule has 4 nitrogen and oxygen atoms in total. The topological polar surface area (TPSA) is 31.6 Å². The third kappa shape index (κ3) is 2.46. The van der Waals surface area contributed by atoms with Crippen LogP contribution in [-0.2, 0) is 0 Å². The zero-order chi connectivity index (χ0) is 13.2. The lowest BCUT2D eigenvalue weighted by Gasteiger charge is -2.36. The minimum absolute atomic E-state index is 0.549. The molecule has 2 aromatic rings. The predicted molar refractivity (Wildman–Crippen MR) is 78.8 cm³/mol. The highest BCUT2D eigenvalue weighted by Gasteiger charge is 2.21. The molecule has 0 spiro atoms. The number of hydrogen-bond acceptors (Lipinski definition) is 4. The predicted octanol–water partition coefficient (Wildman–Crippen LogP) is 1.77. The number of anilines is 1. The lowest BCUT2D eigenvalue weighted by atomic mass is 10.1. The van der Waals surface area contributed by atoms with Gasteiger partial charge in [0, 0.05) is 44.7 Å².